The highest BCUT2D eigenvalue weighted by Gasteiger charge is 2.49. The number of hydrogen-bond acceptors (Lipinski definition) is 6. The lowest BCUT2D eigenvalue weighted by Gasteiger charge is -2.29. The van der Waals surface area contributed by atoms with Crippen molar-refractivity contribution in [3.8, 4) is 0 Å². The van der Waals surface area contributed by atoms with Gasteiger partial charge in [0.15, 0.2) is 29.0 Å². The van der Waals surface area contributed by atoms with E-state index in [-0.39, 0.29) is 12.4 Å². The molecule has 0 spiro atoms. The van der Waals surface area contributed by atoms with Gasteiger partial charge in [0.05, 0.1) is 6.61 Å². The van der Waals surface area contributed by atoms with Crippen molar-refractivity contribution < 1.29 is 18.0 Å². The third kappa shape index (κ3) is 5.45. The lowest BCUT2D eigenvalue weighted by Crippen LogP contribution is -2.44. The molecular formula is C15H28FN3O4Si2. The Balaban J connectivity index is 2.27. The van der Waals surface area contributed by atoms with Gasteiger partial charge in [-0.2, -0.15) is 4.98 Å². The summed E-state index contributed by atoms with van der Waals surface area (Å²) < 4.78 is 34.0. The van der Waals surface area contributed by atoms with Gasteiger partial charge in [0, 0.05) is 6.20 Å². The van der Waals surface area contributed by atoms with Crippen molar-refractivity contribution in [3.63, 3.8) is 0 Å². The standard InChI is InChI=1S/C15H28FN3O4Si2/c1-24(2,3)21-9-10-13(23-25(4,5)6)12(16)14(22-10)19-8-7-11(17)18-15(19)20/h7-8,10,12-14H,9H2,1-6H3,(H2,17,18,20)/t10-,12-,13?,14-/m1/s1. The Morgan fingerprint density at radius 3 is 2.44 bits per heavy atom. The molecule has 1 aromatic rings. The number of anilines is 1. The molecule has 1 aliphatic rings. The van der Waals surface area contributed by atoms with Crippen LogP contribution in [0.3, 0.4) is 0 Å². The summed E-state index contributed by atoms with van der Waals surface area (Å²) >= 11 is 0. The van der Waals surface area contributed by atoms with Crippen molar-refractivity contribution in [1.82, 2.24) is 9.55 Å². The summed E-state index contributed by atoms with van der Waals surface area (Å²) in [6.07, 6.45) is -2.56. The van der Waals surface area contributed by atoms with E-state index in [1.54, 1.807) is 0 Å². The quantitative estimate of drug-likeness (QED) is 0.750. The summed E-state index contributed by atoms with van der Waals surface area (Å²) in [4.78, 5) is 15.7. The van der Waals surface area contributed by atoms with Crippen LogP contribution in [0, 0.1) is 0 Å². The molecule has 1 aliphatic heterocycles. The molecule has 0 aromatic carbocycles. The molecule has 0 radical (unpaired) electrons. The van der Waals surface area contributed by atoms with Gasteiger partial charge in [-0.1, -0.05) is 0 Å². The predicted octanol–water partition coefficient (Wildman–Crippen LogP) is 2.13. The van der Waals surface area contributed by atoms with Gasteiger partial charge in [-0.15, -0.1) is 0 Å². The smallest absolute Gasteiger partial charge is 0.351 e. The molecule has 1 unspecified atom stereocenters. The van der Waals surface area contributed by atoms with E-state index in [9.17, 15) is 4.79 Å². The molecule has 142 valence electrons. The Bertz CT molecular complexity index is 659. The Kier molecular flexibility index (Phi) is 5.89. The fraction of sp³-hybridized carbons (Fsp3) is 0.733. The maximum atomic E-state index is 15.1. The highest BCUT2D eigenvalue weighted by molar-refractivity contribution is 6.70. The number of nitrogens with two attached hydrogens (primary N) is 1. The van der Waals surface area contributed by atoms with E-state index < -0.39 is 46.9 Å². The number of alkyl halides is 1. The molecule has 1 saturated heterocycles. The summed E-state index contributed by atoms with van der Waals surface area (Å²) in [6, 6.07) is 1.44. The number of halogens is 1. The number of ether oxygens (including phenoxy) is 1. The van der Waals surface area contributed by atoms with Crippen molar-refractivity contribution in [2.75, 3.05) is 12.3 Å². The Hall–Kier alpha value is -1.08. The molecule has 10 heteroatoms. The van der Waals surface area contributed by atoms with E-state index in [2.05, 4.69) is 24.6 Å². The number of rotatable bonds is 6. The molecule has 2 N–H and O–H groups in total. The average Bonchev–Trinajstić information content (AvgIpc) is 2.72. The van der Waals surface area contributed by atoms with Gasteiger partial charge in [-0.3, -0.25) is 4.57 Å². The van der Waals surface area contributed by atoms with Crippen molar-refractivity contribution in [2.45, 2.75) is 63.9 Å². The van der Waals surface area contributed by atoms with Crippen LogP contribution in [-0.4, -0.2) is 51.2 Å². The number of aromatic nitrogens is 2. The second-order valence-corrected chi connectivity index (χ2v) is 17.1. The molecule has 2 heterocycles. The lowest BCUT2D eigenvalue weighted by atomic mass is 10.1. The van der Waals surface area contributed by atoms with Gasteiger partial charge >= 0.3 is 5.69 Å². The first-order valence-corrected chi connectivity index (χ1v) is 15.1. The van der Waals surface area contributed by atoms with Crippen LogP contribution in [-0.2, 0) is 13.6 Å². The molecule has 0 saturated carbocycles. The first-order chi connectivity index (χ1) is 11.4. The summed E-state index contributed by atoms with van der Waals surface area (Å²) in [5.74, 6) is 0.0863. The molecule has 25 heavy (non-hydrogen) atoms. The molecule has 2 rings (SSSR count). The minimum Gasteiger partial charge on any atom is -0.415 e. The van der Waals surface area contributed by atoms with Gasteiger partial charge < -0.3 is 19.3 Å². The second-order valence-electron chi connectivity index (χ2n) is 8.17. The molecule has 1 fully saturated rings. The van der Waals surface area contributed by atoms with Crippen molar-refractivity contribution in [2.24, 2.45) is 0 Å². The topological polar surface area (TPSA) is 88.6 Å². The van der Waals surface area contributed by atoms with E-state index in [1.807, 2.05) is 19.6 Å². The Labute approximate surface area is 149 Å². The SMILES string of the molecule is C[Si](C)(C)OC[C@H]1O[C@@H](n2ccc(N)nc2=O)[C@H](F)C1O[Si](C)(C)C. The van der Waals surface area contributed by atoms with Crippen LogP contribution >= 0.6 is 0 Å². The Morgan fingerprint density at radius 2 is 1.92 bits per heavy atom. The van der Waals surface area contributed by atoms with Gasteiger partial charge in [-0.25, -0.2) is 9.18 Å². The minimum atomic E-state index is -2.02. The van der Waals surface area contributed by atoms with Crippen molar-refractivity contribution in [3.05, 3.63) is 22.7 Å². The monoisotopic (exact) mass is 389 g/mol. The maximum absolute atomic E-state index is 15.1. The van der Waals surface area contributed by atoms with Crippen LogP contribution in [0.5, 0.6) is 0 Å². The van der Waals surface area contributed by atoms with Gasteiger partial charge in [0.1, 0.15) is 18.0 Å². The van der Waals surface area contributed by atoms with Crippen LogP contribution in [0.4, 0.5) is 10.2 Å². The third-order valence-electron chi connectivity index (χ3n) is 3.56. The molecule has 0 amide bonds. The Morgan fingerprint density at radius 1 is 1.28 bits per heavy atom. The zero-order chi connectivity index (χ0) is 19.0. The summed E-state index contributed by atoms with van der Waals surface area (Å²) in [7, 11) is -3.82. The number of nitrogens with zero attached hydrogens (tertiary/aromatic N) is 2. The molecule has 1 aromatic heterocycles. The minimum absolute atomic E-state index is 0.0863. The van der Waals surface area contributed by atoms with Gasteiger partial charge in [0.25, 0.3) is 0 Å². The third-order valence-corrected chi connectivity index (χ3v) is 5.57. The summed E-state index contributed by atoms with van der Waals surface area (Å²) in [5, 5.41) is 0. The first-order valence-electron chi connectivity index (χ1n) is 8.33. The van der Waals surface area contributed by atoms with Crippen molar-refractivity contribution in [1.29, 1.82) is 0 Å². The van der Waals surface area contributed by atoms with Gasteiger partial charge in [-0.05, 0) is 45.3 Å². The highest BCUT2D eigenvalue weighted by Crippen LogP contribution is 2.35. The highest BCUT2D eigenvalue weighted by atomic mass is 28.4. The predicted molar refractivity (Wildman–Crippen MR) is 99.2 cm³/mol. The molecule has 4 atom stereocenters. The van der Waals surface area contributed by atoms with Crippen LogP contribution in [0.1, 0.15) is 6.23 Å². The first kappa shape index (κ1) is 20.2. The maximum Gasteiger partial charge on any atom is 0.351 e. The van der Waals surface area contributed by atoms with E-state index in [1.165, 1.54) is 12.3 Å². The zero-order valence-electron chi connectivity index (χ0n) is 15.7. The summed E-state index contributed by atoms with van der Waals surface area (Å²) in [6.45, 7) is 12.3. The average molecular weight is 390 g/mol. The molecule has 7 nitrogen and oxygen atoms in total. The molecular weight excluding hydrogens is 361 g/mol. The van der Waals surface area contributed by atoms with Crippen LogP contribution in [0.25, 0.3) is 0 Å². The van der Waals surface area contributed by atoms with E-state index in [0.29, 0.717) is 0 Å². The van der Waals surface area contributed by atoms with Crippen LogP contribution in [0.2, 0.25) is 39.3 Å². The normalized spacial score (nSPS) is 27.6. The van der Waals surface area contributed by atoms with E-state index in [0.717, 1.165) is 4.57 Å². The molecule has 0 bridgehead atoms. The molecule has 0 aliphatic carbocycles. The van der Waals surface area contributed by atoms with Crippen LogP contribution in [0.15, 0.2) is 17.1 Å². The summed E-state index contributed by atoms with van der Waals surface area (Å²) in [5.41, 5.74) is 4.85. The lowest BCUT2D eigenvalue weighted by molar-refractivity contribution is -0.0443. The zero-order valence-corrected chi connectivity index (χ0v) is 17.7. The van der Waals surface area contributed by atoms with E-state index >= 15 is 4.39 Å². The van der Waals surface area contributed by atoms with Gasteiger partial charge in [0.2, 0.25) is 0 Å². The fourth-order valence-electron chi connectivity index (χ4n) is 2.55. The fourth-order valence-corrected chi connectivity index (χ4v) is 4.32. The number of nitrogen functional groups attached to an aromatic ring is 1. The van der Waals surface area contributed by atoms with Crippen LogP contribution < -0.4 is 11.4 Å². The van der Waals surface area contributed by atoms with E-state index in [4.69, 9.17) is 19.3 Å². The number of hydrogen-bond donors (Lipinski definition) is 1. The van der Waals surface area contributed by atoms with Crippen molar-refractivity contribution >= 4 is 22.5 Å². The largest absolute Gasteiger partial charge is 0.415 e. The second kappa shape index (κ2) is 7.27.